The van der Waals surface area contributed by atoms with E-state index in [2.05, 4.69) is 10.6 Å². The molecule has 0 unspecified atom stereocenters. The summed E-state index contributed by atoms with van der Waals surface area (Å²) in [4.78, 5) is 23.4. The van der Waals surface area contributed by atoms with E-state index >= 15 is 0 Å². The smallest absolute Gasteiger partial charge is 0.255 e. The van der Waals surface area contributed by atoms with Crippen molar-refractivity contribution in [1.29, 1.82) is 0 Å². The Morgan fingerprint density at radius 3 is 2.30 bits per heavy atom. The van der Waals surface area contributed by atoms with Gasteiger partial charge < -0.3 is 15.4 Å². The van der Waals surface area contributed by atoms with Gasteiger partial charge >= 0.3 is 0 Å². The van der Waals surface area contributed by atoms with Crippen LogP contribution in [0.2, 0.25) is 0 Å². The van der Waals surface area contributed by atoms with Crippen LogP contribution in [0.4, 0.5) is 11.4 Å². The summed E-state index contributed by atoms with van der Waals surface area (Å²) in [6.45, 7) is 3.49. The highest BCUT2D eigenvalue weighted by Crippen LogP contribution is 2.26. The molecule has 0 fully saturated rings. The number of nitrogens with one attached hydrogen (secondary N) is 2. The van der Waals surface area contributed by atoms with Gasteiger partial charge in [-0.3, -0.25) is 9.59 Å². The molecule has 0 atom stereocenters. The van der Waals surface area contributed by atoms with Crippen LogP contribution in [0.15, 0.2) is 42.5 Å². The summed E-state index contributed by atoms with van der Waals surface area (Å²) >= 11 is 0. The van der Waals surface area contributed by atoms with Crippen LogP contribution in [0, 0.1) is 0 Å². The molecule has 0 saturated carbocycles. The first kappa shape index (κ1) is 16.5. The molecular weight excluding hydrogens is 292 g/mol. The van der Waals surface area contributed by atoms with Crippen molar-refractivity contribution in [2.45, 2.75) is 20.3 Å². The molecule has 0 aliphatic carbocycles. The summed E-state index contributed by atoms with van der Waals surface area (Å²) in [5.74, 6) is 0.236. The largest absolute Gasteiger partial charge is 0.495 e. The molecular formula is C18H20N2O3. The second-order valence-corrected chi connectivity index (χ2v) is 5.10. The molecule has 0 aromatic heterocycles. The molecule has 2 aromatic carbocycles. The number of hydrogen-bond donors (Lipinski definition) is 2. The molecule has 0 heterocycles. The molecule has 23 heavy (non-hydrogen) atoms. The Balaban J connectivity index is 2.17. The molecule has 0 bridgehead atoms. The zero-order chi connectivity index (χ0) is 16.8. The van der Waals surface area contributed by atoms with Crippen LogP contribution in [0.25, 0.3) is 0 Å². The molecule has 5 nitrogen and oxygen atoms in total. The second kappa shape index (κ2) is 7.45. The van der Waals surface area contributed by atoms with Gasteiger partial charge in [0.05, 0.1) is 12.8 Å². The third-order valence-electron chi connectivity index (χ3n) is 3.39. The average Bonchev–Trinajstić information content (AvgIpc) is 2.54. The van der Waals surface area contributed by atoms with E-state index in [0.29, 0.717) is 22.7 Å². The van der Waals surface area contributed by atoms with Crippen LogP contribution in [-0.2, 0) is 11.2 Å². The van der Waals surface area contributed by atoms with Gasteiger partial charge in [-0.1, -0.05) is 13.0 Å². The quantitative estimate of drug-likeness (QED) is 0.888. The van der Waals surface area contributed by atoms with Gasteiger partial charge in [0.1, 0.15) is 5.75 Å². The van der Waals surface area contributed by atoms with E-state index in [1.807, 2.05) is 25.1 Å². The molecule has 0 aliphatic rings. The van der Waals surface area contributed by atoms with Crippen molar-refractivity contribution in [2.24, 2.45) is 0 Å². The Bertz CT molecular complexity index is 709. The number of amides is 2. The molecule has 5 heteroatoms. The average molecular weight is 312 g/mol. The van der Waals surface area contributed by atoms with Crippen LogP contribution >= 0.6 is 0 Å². The van der Waals surface area contributed by atoms with Gasteiger partial charge in [0.15, 0.2) is 0 Å². The van der Waals surface area contributed by atoms with Crippen LogP contribution in [0.3, 0.4) is 0 Å². The van der Waals surface area contributed by atoms with E-state index in [1.165, 1.54) is 6.92 Å². The predicted molar refractivity (Wildman–Crippen MR) is 91.1 cm³/mol. The summed E-state index contributed by atoms with van der Waals surface area (Å²) in [5.41, 5.74) is 2.91. The topological polar surface area (TPSA) is 67.4 Å². The minimum atomic E-state index is -0.231. The van der Waals surface area contributed by atoms with Crippen molar-refractivity contribution in [2.75, 3.05) is 17.7 Å². The monoisotopic (exact) mass is 312 g/mol. The Labute approximate surface area is 135 Å². The van der Waals surface area contributed by atoms with Gasteiger partial charge in [0.2, 0.25) is 5.91 Å². The molecule has 2 aromatic rings. The first-order valence-corrected chi connectivity index (χ1v) is 7.39. The highest BCUT2D eigenvalue weighted by atomic mass is 16.5. The lowest BCUT2D eigenvalue weighted by Gasteiger charge is -2.12. The van der Waals surface area contributed by atoms with Crippen LogP contribution < -0.4 is 15.4 Å². The molecule has 0 saturated heterocycles. The van der Waals surface area contributed by atoms with E-state index in [0.717, 1.165) is 12.0 Å². The molecule has 2 rings (SSSR count). The van der Waals surface area contributed by atoms with Crippen molar-refractivity contribution in [3.63, 3.8) is 0 Å². The number of methoxy groups -OCH3 is 1. The van der Waals surface area contributed by atoms with Gasteiger partial charge in [-0.05, 0) is 48.4 Å². The van der Waals surface area contributed by atoms with Crippen molar-refractivity contribution >= 4 is 23.2 Å². The van der Waals surface area contributed by atoms with E-state index in [4.69, 9.17) is 4.74 Å². The number of ether oxygens (including phenoxy) is 1. The van der Waals surface area contributed by atoms with E-state index in [1.54, 1.807) is 31.4 Å². The van der Waals surface area contributed by atoms with Crippen molar-refractivity contribution in [3.05, 3.63) is 53.6 Å². The molecule has 0 radical (unpaired) electrons. The fourth-order valence-corrected chi connectivity index (χ4v) is 2.18. The lowest BCUT2D eigenvalue weighted by Crippen LogP contribution is -2.13. The minimum absolute atomic E-state index is 0.150. The van der Waals surface area contributed by atoms with Gasteiger partial charge in [-0.2, -0.15) is 0 Å². The number of anilines is 2. The Morgan fingerprint density at radius 2 is 1.74 bits per heavy atom. The summed E-state index contributed by atoms with van der Waals surface area (Å²) < 4.78 is 5.28. The third kappa shape index (κ3) is 4.32. The Hall–Kier alpha value is -2.82. The SMILES string of the molecule is CCc1ccc(OC)c(NC(=O)c2ccc(NC(C)=O)cc2)c1. The second-order valence-electron chi connectivity index (χ2n) is 5.10. The first-order chi connectivity index (χ1) is 11.0. The fourth-order valence-electron chi connectivity index (χ4n) is 2.18. The number of aryl methyl sites for hydroxylation is 1. The third-order valence-corrected chi connectivity index (χ3v) is 3.39. The lowest BCUT2D eigenvalue weighted by molar-refractivity contribution is -0.114. The zero-order valence-corrected chi connectivity index (χ0v) is 13.5. The summed E-state index contributed by atoms with van der Waals surface area (Å²) in [6, 6.07) is 12.4. The minimum Gasteiger partial charge on any atom is -0.495 e. The van der Waals surface area contributed by atoms with E-state index in [9.17, 15) is 9.59 Å². The maximum absolute atomic E-state index is 12.4. The highest BCUT2D eigenvalue weighted by molar-refractivity contribution is 6.05. The van der Waals surface area contributed by atoms with E-state index in [-0.39, 0.29) is 11.8 Å². The van der Waals surface area contributed by atoms with Gasteiger partial charge in [0.25, 0.3) is 5.91 Å². The van der Waals surface area contributed by atoms with Gasteiger partial charge in [-0.15, -0.1) is 0 Å². The van der Waals surface area contributed by atoms with Crippen molar-refractivity contribution < 1.29 is 14.3 Å². The normalized spacial score (nSPS) is 10.0. The lowest BCUT2D eigenvalue weighted by atomic mass is 10.1. The highest BCUT2D eigenvalue weighted by Gasteiger charge is 2.10. The summed E-state index contributed by atoms with van der Waals surface area (Å²) in [6.07, 6.45) is 0.873. The molecule has 0 aliphatic heterocycles. The predicted octanol–water partition coefficient (Wildman–Crippen LogP) is 3.47. The maximum atomic E-state index is 12.4. The maximum Gasteiger partial charge on any atom is 0.255 e. The summed E-state index contributed by atoms with van der Waals surface area (Å²) in [5, 5.41) is 5.52. The molecule has 0 spiro atoms. The standard InChI is InChI=1S/C18H20N2O3/c1-4-13-5-10-17(23-3)16(11-13)20-18(22)14-6-8-15(9-7-14)19-12(2)21/h5-11H,4H2,1-3H3,(H,19,21)(H,20,22). The van der Waals surface area contributed by atoms with Gasteiger partial charge in [-0.25, -0.2) is 0 Å². The number of benzene rings is 2. The Morgan fingerprint density at radius 1 is 1.04 bits per heavy atom. The fraction of sp³-hybridized carbons (Fsp3) is 0.222. The van der Waals surface area contributed by atoms with Crippen LogP contribution in [0.5, 0.6) is 5.75 Å². The number of carbonyl (C=O) groups excluding carboxylic acids is 2. The van der Waals surface area contributed by atoms with Gasteiger partial charge in [0, 0.05) is 18.2 Å². The van der Waals surface area contributed by atoms with Crippen molar-refractivity contribution in [3.8, 4) is 5.75 Å². The number of hydrogen-bond acceptors (Lipinski definition) is 3. The number of rotatable bonds is 5. The summed E-state index contributed by atoms with van der Waals surface area (Å²) in [7, 11) is 1.57. The van der Waals surface area contributed by atoms with Crippen molar-refractivity contribution in [1.82, 2.24) is 0 Å². The Kier molecular flexibility index (Phi) is 5.36. The molecule has 2 N–H and O–H groups in total. The van der Waals surface area contributed by atoms with Crippen LogP contribution in [-0.4, -0.2) is 18.9 Å². The number of carbonyl (C=O) groups is 2. The zero-order valence-electron chi connectivity index (χ0n) is 13.5. The molecule has 2 amide bonds. The van der Waals surface area contributed by atoms with E-state index < -0.39 is 0 Å². The van der Waals surface area contributed by atoms with Crippen LogP contribution in [0.1, 0.15) is 29.8 Å². The molecule has 120 valence electrons. The first-order valence-electron chi connectivity index (χ1n) is 7.39.